The van der Waals surface area contributed by atoms with Crippen LogP contribution >= 0.6 is 11.6 Å². The van der Waals surface area contributed by atoms with E-state index in [1.54, 1.807) is 42.3 Å². The lowest BCUT2D eigenvalue weighted by Gasteiger charge is -2.06. The van der Waals surface area contributed by atoms with E-state index in [9.17, 15) is 4.79 Å². The van der Waals surface area contributed by atoms with Gasteiger partial charge in [0.1, 0.15) is 5.69 Å². The van der Waals surface area contributed by atoms with Gasteiger partial charge in [0.15, 0.2) is 0 Å². The van der Waals surface area contributed by atoms with Crippen LogP contribution in [0.1, 0.15) is 16.1 Å². The Labute approximate surface area is 121 Å². The van der Waals surface area contributed by atoms with Crippen molar-refractivity contribution in [2.24, 2.45) is 12.8 Å². The number of hydrogen-bond donors (Lipinski definition) is 2. The zero-order chi connectivity index (χ0) is 14.5. The number of carbonyl (C=O) groups excluding carboxylic acids is 1. The number of nitrogens with zero attached hydrogens (tertiary/aromatic N) is 2. The first-order valence-electron chi connectivity index (χ1n) is 5.88. The van der Waals surface area contributed by atoms with E-state index in [-0.39, 0.29) is 12.5 Å². The topological polar surface area (TPSA) is 72.9 Å². The van der Waals surface area contributed by atoms with Crippen LogP contribution in [0.25, 0.3) is 0 Å². The van der Waals surface area contributed by atoms with Crippen LogP contribution in [0.15, 0.2) is 30.7 Å². The number of carbonyl (C=O) groups is 1. The van der Waals surface area contributed by atoms with Crippen molar-refractivity contribution in [1.29, 1.82) is 0 Å². The van der Waals surface area contributed by atoms with Crippen LogP contribution in [0.2, 0.25) is 5.02 Å². The maximum atomic E-state index is 12.1. The zero-order valence-corrected chi connectivity index (χ0v) is 11.6. The van der Waals surface area contributed by atoms with Crippen LogP contribution in [0.3, 0.4) is 0 Å². The Hall–Kier alpha value is -2.29. The summed E-state index contributed by atoms with van der Waals surface area (Å²) in [7, 11) is 1.79. The van der Waals surface area contributed by atoms with E-state index in [1.807, 2.05) is 0 Å². The summed E-state index contributed by atoms with van der Waals surface area (Å²) in [5.41, 5.74) is 6.87. The van der Waals surface area contributed by atoms with Crippen molar-refractivity contribution in [3.05, 3.63) is 47.0 Å². The number of nitrogens with one attached hydrogen (secondary N) is 1. The first kappa shape index (κ1) is 14.1. The lowest BCUT2D eigenvalue weighted by molar-refractivity contribution is 0.102. The Morgan fingerprint density at radius 2 is 2.35 bits per heavy atom. The van der Waals surface area contributed by atoms with Crippen LogP contribution in [-0.2, 0) is 7.05 Å². The molecule has 2 rings (SSSR count). The maximum absolute atomic E-state index is 12.1. The van der Waals surface area contributed by atoms with E-state index in [4.69, 9.17) is 17.3 Å². The minimum absolute atomic E-state index is 0.246. The predicted octanol–water partition coefficient (Wildman–Crippen LogP) is 1.64. The van der Waals surface area contributed by atoms with Crippen molar-refractivity contribution in [1.82, 2.24) is 9.55 Å². The molecule has 0 spiro atoms. The van der Waals surface area contributed by atoms with Crippen molar-refractivity contribution in [3.8, 4) is 11.8 Å². The number of benzene rings is 1. The second kappa shape index (κ2) is 6.24. The second-order valence-corrected chi connectivity index (χ2v) is 4.51. The molecule has 20 heavy (non-hydrogen) atoms. The molecule has 1 heterocycles. The van der Waals surface area contributed by atoms with E-state index in [0.717, 1.165) is 0 Å². The molecule has 2 aromatic rings. The second-order valence-electron chi connectivity index (χ2n) is 4.07. The molecule has 0 saturated heterocycles. The normalized spacial score (nSPS) is 9.75. The van der Waals surface area contributed by atoms with Gasteiger partial charge in [-0.25, -0.2) is 4.98 Å². The Morgan fingerprint density at radius 3 is 3.00 bits per heavy atom. The molecule has 0 aliphatic heterocycles. The molecule has 0 atom stereocenters. The fourth-order valence-electron chi connectivity index (χ4n) is 1.59. The monoisotopic (exact) mass is 288 g/mol. The van der Waals surface area contributed by atoms with Crippen LogP contribution in [0.4, 0.5) is 5.69 Å². The number of imidazole rings is 1. The zero-order valence-electron chi connectivity index (χ0n) is 10.9. The third-order valence-corrected chi connectivity index (χ3v) is 2.73. The molecule has 0 saturated carbocycles. The lowest BCUT2D eigenvalue weighted by Crippen LogP contribution is -2.13. The minimum atomic E-state index is -0.316. The van der Waals surface area contributed by atoms with E-state index in [0.29, 0.717) is 22.0 Å². The van der Waals surface area contributed by atoms with E-state index >= 15 is 0 Å². The van der Waals surface area contributed by atoms with Crippen molar-refractivity contribution in [2.45, 2.75) is 0 Å². The van der Waals surface area contributed by atoms with Crippen LogP contribution in [0.5, 0.6) is 0 Å². The molecular weight excluding hydrogens is 276 g/mol. The van der Waals surface area contributed by atoms with Gasteiger partial charge < -0.3 is 15.6 Å². The van der Waals surface area contributed by atoms with Gasteiger partial charge in [0.05, 0.1) is 18.6 Å². The molecule has 1 amide bonds. The van der Waals surface area contributed by atoms with Crippen molar-refractivity contribution < 1.29 is 4.79 Å². The van der Waals surface area contributed by atoms with Gasteiger partial charge in [0.25, 0.3) is 5.91 Å². The third kappa shape index (κ3) is 3.38. The third-order valence-electron chi connectivity index (χ3n) is 2.49. The Balaban J connectivity index is 2.28. The van der Waals surface area contributed by atoms with Gasteiger partial charge >= 0.3 is 0 Å². The molecule has 102 valence electrons. The highest BCUT2D eigenvalue weighted by Gasteiger charge is 2.11. The Bertz CT molecular complexity index is 697. The summed E-state index contributed by atoms with van der Waals surface area (Å²) < 4.78 is 1.70. The summed E-state index contributed by atoms with van der Waals surface area (Å²) in [4.78, 5) is 16.0. The van der Waals surface area contributed by atoms with Gasteiger partial charge in [-0.3, -0.25) is 4.79 Å². The summed E-state index contributed by atoms with van der Waals surface area (Å²) in [6.45, 7) is 0.246. The van der Waals surface area contributed by atoms with Crippen LogP contribution < -0.4 is 11.1 Å². The predicted molar refractivity (Wildman–Crippen MR) is 78.5 cm³/mol. The number of hydrogen-bond acceptors (Lipinski definition) is 3. The quantitative estimate of drug-likeness (QED) is 0.825. The molecule has 0 fully saturated rings. The van der Waals surface area contributed by atoms with Gasteiger partial charge in [-0.2, -0.15) is 0 Å². The van der Waals surface area contributed by atoms with E-state index < -0.39 is 0 Å². The SMILES string of the molecule is Cn1cnc(C(=O)Nc2cc(Cl)ccc2C#CCN)c1. The van der Waals surface area contributed by atoms with Crippen molar-refractivity contribution >= 4 is 23.2 Å². The van der Waals surface area contributed by atoms with Gasteiger partial charge in [-0.15, -0.1) is 0 Å². The summed E-state index contributed by atoms with van der Waals surface area (Å²) in [6.07, 6.45) is 3.19. The lowest BCUT2D eigenvalue weighted by atomic mass is 10.1. The fraction of sp³-hybridized carbons (Fsp3) is 0.143. The standard InChI is InChI=1S/C14H13ClN4O/c1-19-8-13(17-9-19)14(20)18-12-7-11(15)5-4-10(12)3-2-6-16/h4-5,7-9H,6,16H2,1H3,(H,18,20). The molecule has 0 unspecified atom stereocenters. The van der Waals surface area contributed by atoms with Gasteiger partial charge in [0.2, 0.25) is 0 Å². The average molecular weight is 289 g/mol. The minimum Gasteiger partial charge on any atom is -0.340 e. The van der Waals surface area contributed by atoms with Crippen molar-refractivity contribution in [3.63, 3.8) is 0 Å². The first-order chi connectivity index (χ1) is 9.60. The van der Waals surface area contributed by atoms with Crippen LogP contribution in [-0.4, -0.2) is 22.0 Å². The van der Waals surface area contributed by atoms with E-state index in [2.05, 4.69) is 22.1 Å². The Kier molecular flexibility index (Phi) is 4.41. The summed E-state index contributed by atoms with van der Waals surface area (Å²) in [6, 6.07) is 5.08. The maximum Gasteiger partial charge on any atom is 0.275 e. The highest BCUT2D eigenvalue weighted by molar-refractivity contribution is 6.31. The van der Waals surface area contributed by atoms with Gasteiger partial charge in [-0.05, 0) is 18.2 Å². The molecule has 3 N–H and O–H groups in total. The smallest absolute Gasteiger partial charge is 0.275 e. The molecule has 0 bridgehead atoms. The molecule has 5 nitrogen and oxygen atoms in total. The number of amides is 1. The first-order valence-corrected chi connectivity index (χ1v) is 6.25. The molecule has 0 aliphatic carbocycles. The number of rotatable bonds is 2. The molecule has 0 radical (unpaired) electrons. The van der Waals surface area contributed by atoms with E-state index in [1.165, 1.54) is 0 Å². The Morgan fingerprint density at radius 1 is 1.55 bits per heavy atom. The average Bonchev–Trinajstić information content (AvgIpc) is 2.85. The molecule has 0 aliphatic rings. The highest BCUT2D eigenvalue weighted by Crippen LogP contribution is 2.21. The summed E-state index contributed by atoms with van der Waals surface area (Å²) in [5.74, 6) is 5.32. The molecule has 1 aromatic heterocycles. The molecular formula is C14H13ClN4O. The van der Waals surface area contributed by atoms with Gasteiger partial charge in [-0.1, -0.05) is 23.4 Å². The molecule has 6 heteroatoms. The summed E-state index contributed by atoms with van der Waals surface area (Å²) >= 11 is 5.94. The number of aryl methyl sites for hydroxylation is 1. The van der Waals surface area contributed by atoms with Gasteiger partial charge in [0, 0.05) is 23.8 Å². The summed E-state index contributed by atoms with van der Waals surface area (Å²) in [5, 5.41) is 3.26. The number of nitrogens with two attached hydrogens (primary N) is 1. The largest absolute Gasteiger partial charge is 0.340 e. The number of anilines is 1. The molecule has 1 aromatic carbocycles. The highest BCUT2D eigenvalue weighted by atomic mass is 35.5. The fourth-order valence-corrected chi connectivity index (χ4v) is 1.76. The van der Waals surface area contributed by atoms with Crippen molar-refractivity contribution in [2.75, 3.05) is 11.9 Å². The van der Waals surface area contributed by atoms with Crippen LogP contribution in [0, 0.1) is 11.8 Å². The number of halogens is 1. The number of aromatic nitrogens is 2.